The maximum Gasteiger partial charge on any atom is 0.123 e. The number of ether oxygens (including phenoxy) is 1. The van der Waals surface area contributed by atoms with Crippen molar-refractivity contribution in [3.8, 4) is 5.75 Å². The highest BCUT2D eigenvalue weighted by molar-refractivity contribution is 9.10. The summed E-state index contributed by atoms with van der Waals surface area (Å²) in [6.45, 7) is 0.526. The summed E-state index contributed by atoms with van der Waals surface area (Å²) >= 11 is 3.53. The van der Waals surface area contributed by atoms with Crippen molar-refractivity contribution in [2.24, 2.45) is 0 Å². The zero-order chi connectivity index (χ0) is 16.1. The van der Waals surface area contributed by atoms with Crippen LogP contribution in [0.4, 0.5) is 15.8 Å². The molecule has 4 heteroatoms. The van der Waals surface area contributed by atoms with Crippen molar-refractivity contribution in [1.82, 2.24) is 0 Å². The number of rotatable bonds is 5. The summed E-state index contributed by atoms with van der Waals surface area (Å²) < 4.78 is 19.6. The monoisotopic (exact) mass is 371 g/mol. The molecule has 0 atom stereocenters. The van der Waals surface area contributed by atoms with E-state index in [-0.39, 0.29) is 5.82 Å². The van der Waals surface area contributed by atoms with Crippen LogP contribution in [0.2, 0.25) is 0 Å². The zero-order valence-electron chi connectivity index (χ0n) is 12.3. The van der Waals surface area contributed by atoms with Crippen LogP contribution in [0.1, 0.15) is 5.56 Å². The second-order valence-electron chi connectivity index (χ2n) is 5.05. The van der Waals surface area contributed by atoms with E-state index in [0.717, 1.165) is 27.2 Å². The molecule has 3 aromatic carbocycles. The van der Waals surface area contributed by atoms with Crippen LogP contribution in [-0.2, 0) is 6.61 Å². The molecule has 0 aromatic heterocycles. The van der Waals surface area contributed by atoms with Gasteiger partial charge in [0.1, 0.15) is 18.2 Å². The van der Waals surface area contributed by atoms with E-state index in [9.17, 15) is 4.39 Å². The largest absolute Gasteiger partial charge is 0.489 e. The van der Waals surface area contributed by atoms with Gasteiger partial charge in [-0.15, -0.1) is 0 Å². The number of benzene rings is 3. The Balaban J connectivity index is 1.67. The van der Waals surface area contributed by atoms with E-state index in [4.69, 9.17) is 4.74 Å². The summed E-state index contributed by atoms with van der Waals surface area (Å²) in [5.74, 6) is 0.532. The Hall–Kier alpha value is -2.33. The van der Waals surface area contributed by atoms with Gasteiger partial charge in [-0.1, -0.05) is 30.3 Å². The molecule has 23 heavy (non-hydrogen) atoms. The first-order chi connectivity index (χ1) is 11.2. The highest BCUT2D eigenvalue weighted by Gasteiger charge is 2.04. The average molecular weight is 372 g/mol. The van der Waals surface area contributed by atoms with Crippen LogP contribution in [0, 0.1) is 5.82 Å². The first-order valence-electron chi connectivity index (χ1n) is 7.19. The lowest BCUT2D eigenvalue weighted by Crippen LogP contribution is -1.96. The van der Waals surface area contributed by atoms with Crippen molar-refractivity contribution in [1.29, 1.82) is 0 Å². The van der Waals surface area contributed by atoms with Crippen molar-refractivity contribution in [3.05, 3.63) is 88.6 Å². The molecule has 0 saturated carbocycles. The predicted octanol–water partition coefficient (Wildman–Crippen LogP) is 5.91. The van der Waals surface area contributed by atoms with Crippen LogP contribution in [0.25, 0.3) is 0 Å². The molecule has 3 aromatic rings. The van der Waals surface area contributed by atoms with Gasteiger partial charge in [0.05, 0.1) is 5.69 Å². The topological polar surface area (TPSA) is 21.3 Å². The van der Waals surface area contributed by atoms with Gasteiger partial charge in [-0.2, -0.15) is 0 Å². The highest BCUT2D eigenvalue weighted by atomic mass is 79.9. The molecular formula is C19H15BrFNO. The van der Waals surface area contributed by atoms with E-state index < -0.39 is 0 Å². The Bertz CT molecular complexity index is 775. The molecule has 0 fully saturated rings. The summed E-state index contributed by atoms with van der Waals surface area (Å²) in [7, 11) is 0. The molecule has 0 amide bonds. The zero-order valence-corrected chi connectivity index (χ0v) is 13.9. The predicted molar refractivity (Wildman–Crippen MR) is 94.6 cm³/mol. The minimum atomic E-state index is -0.251. The van der Waals surface area contributed by atoms with Crippen LogP contribution in [0.5, 0.6) is 5.75 Å². The average Bonchev–Trinajstić information content (AvgIpc) is 2.58. The van der Waals surface area contributed by atoms with E-state index in [0.29, 0.717) is 6.61 Å². The second kappa shape index (κ2) is 7.29. The fourth-order valence-electron chi connectivity index (χ4n) is 2.12. The molecule has 0 heterocycles. The van der Waals surface area contributed by atoms with Crippen LogP contribution in [0.15, 0.2) is 77.3 Å². The van der Waals surface area contributed by atoms with Crippen molar-refractivity contribution in [2.45, 2.75) is 6.61 Å². The molecule has 0 aliphatic heterocycles. The van der Waals surface area contributed by atoms with Gasteiger partial charge in [0, 0.05) is 10.2 Å². The molecule has 0 aliphatic rings. The first kappa shape index (κ1) is 15.6. The van der Waals surface area contributed by atoms with Gasteiger partial charge in [0.25, 0.3) is 0 Å². The Morgan fingerprint density at radius 1 is 0.913 bits per heavy atom. The number of anilines is 2. The molecule has 0 spiro atoms. The summed E-state index contributed by atoms with van der Waals surface area (Å²) in [5, 5.41) is 3.23. The lowest BCUT2D eigenvalue weighted by Gasteiger charge is -2.11. The van der Waals surface area contributed by atoms with E-state index in [1.807, 2.05) is 48.5 Å². The van der Waals surface area contributed by atoms with Gasteiger partial charge in [-0.25, -0.2) is 4.39 Å². The van der Waals surface area contributed by atoms with E-state index in [1.165, 1.54) is 12.1 Å². The Morgan fingerprint density at radius 2 is 1.65 bits per heavy atom. The normalized spacial score (nSPS) is 10.3. The molecule has 0 bridgehead atoms. The minimum Gasteiger partial charge on any atom is -0.489 e. The summed E-state index contributed by atoms with van der Waals surface area (Å²) in [5.41, 5.74) is 2.84. The van der Waals surface area contributed by atoms with Crippen LogP contribution in [0.3, 0.4) is 0 Å². The molecule has 1 N–H and O–H groups in total. The lowest BCUT2D eigenvalue weighted by atomic mass is 10.2. The van der Waals surface area contributed by atoms with E-state index in [1.54, 1.807) is 12.1 Å². The van der Waals surface area contributed by atoms with Gasteiger partial charge in [0.2, 0.25) is 0 Å². The van der Waals surface area contributed by atoms with Crippen LogP contribution in [-0.4, -0.2) is 0 Å². The summed E-state index contributed by atoms with van der Waals surface area (Å²) in [6, 6.07) is 22.0. The second-order valence-corrected chi connectivity index (χ2v) is 5.90. The van der Waals surface area contributed by atoms with Gasteiger partial charge in [0.15, 0.2) is 0 Å². The number of nitrogens with one attached hydrogen (secondary N) is 1. The fourth-order valence-corrected chi connectivity index (χ4v) is 2.57. The molecule has 3 rings (SSSR count). The molecule has 0 saturated heterocycles. The molecule has 2 nitrogen and oxygen atoms in total. The van der Waals surface area contributed by atoms with Gasteiger partial charge in [-0.3, -0.25) is 0 Å². The fraction of sp³-hybridized carbons (Fsp3) is 0.0526. The minimum absolute atomic E-state index is 0.251. The molecule has 0 unspecified atom stereocenters. The van der Waals surface area contributed by atoms with Gasteiger partial charge in [-0.05, 0) is 64.0 Å². The molecule has 116 valence electrons. The number of hydrogen-bond donors (Lipinski definition) is 1. The highest BCUT2D eigenvalue weighted by Crippen LogP contribution is 2.30. The molecule has 0 radical (unpaired) electrons. The maximum absolute atomic E-state index is 12.9. The van der Waals surface area contributed by atoms with E-state index in [2.05, 4.69) is 21.2 Å². The van der Waals surface area contributed by atoms with Gasteiger partial charge >= 0.3 is 0 Å². The molecular weight excluding hydrogens is 357 g/mol. The third-order valence-electron chi connectivity index (χ3n) is 3.31. The lowest BCUT2D eigenvalue weighted by molar-refractivity contribution is 0.306. The SMILES string of the molecule is Fc1ccc(Nc2ccc(OCc3ccccc3)cc2Br)cc1. The Labute approximate surface area is 143 Å². The number of halogens is 2. The smallest absolute Gasteiger partial charge is 0.123 e. The van der Waals surface area contributed by atoms with Crippen molar-refractivity contribution >= 4 is 27.3 Å². The summed E-state index contributed by atoms with van der Waals surface area (Å²) in [6.07, 6.45) is 0. The maximum atomic E-state index is 12.9. The first-order valence-corrected chi connectivity index (χ1v) is 7.99. The Kier molecular flexibility index (Phi) is 4.93. The third kappa shape index (κ3) is 4.33. The van der Waals surface area contributed by atoms with Crippen molar-refractivity contribution < 1.29 is 9.13 Å². The van der Waals surface area contributed by atoms with E-state index >= 15 is 0 Å². The van der Waals surface area contributed by atoms with Crippen LogP contribution >= 0.6 is 15.9 Å². The van der Waals surface area contributed by atoms with Gasteiger partial charge < -0.3 is 10.1 Å². The quantitative estimate of drug-likeness (QED) is 0.601. The van der Waals surface area contributed by atoms with Crippen molar-refractivity contribution in [2.75, 3.05) is 5.32 Å². The van der Waals surface area contributed by atoms with Crippen LogP contribution < -0.4 is 10.1 Å². The van der Waals surface area contributed by atoms with Crippen molar-refractivity contribution in [3.63, 3.8) is 0 Å². The summed E-state index contributed by atoms with van der Waals surface area (Å²) in [4.78, 5) is 0. The Morgan fingerprint density at radius 3 is 2.35 bits per heavy atom. The molecule has 0 aliphatic carbocycles. The third-order valence-corrected chi connectivity index (χ3v) is 3.97. The standard InChI is InChI=1S/C19H15BrFNO/c20-18-12-17(23-13-14-4-2-1-3-5-14)10-11-19(18)22-16-8-6-15(21)7-9-16/h1-12,22H,13H2. The number of hydrogen-bond acceptors (Lipinski definition) is 2.